The second-order valence-corrected chi connectivity index (χ2v) is 5.34. The van der Waals surface area contributed by atoms with Gasteiger partial charge in [-0.3, -0.25) is 5.41 Å². The first-order valence-electron chi connectivity index (χ1n) is 7.31. The summed E-state index contributed by atoms with van der Waals surface area (Å²) in [5.41, 5.74) is 7.45. The van der Waals surface area contributed by atoms with Crippen LogP contribution in [0.1, 0.15) is 24.8 Å². The summed E-state index contributed by atoms with van der Waals surface area (Å²) in [7, 11) is 0. The maximum atomic E-state index is 11.0. The minimum Gasteiger partial charge on any atom is -0.477 e. The van der Waals surface area contributed by atoms with Crippen molar-refractivity contribution < 1.29 is 29.7 Å². The van der Waals surface area contributed by atoms with Crippen LogP contribution >= 0.6 is 0 Å². The molecule has 0 spiro atoms. The van der Waals surface area contributed by atoms with E-state index in [1.165, 1.54) is 0 Å². The number of hydrogen-bond donors (Lipinski definition) is 3. The summed E-state index contributed by atoms with van der Waals surface area (Å²) in [4.78, 5) is 17.4. The van der Waals surface area contributed by atoms with Crippen LogP contribution in [0.15, 0.2) is 29.6 Å². The maximum absolute atomic E-state index is 11.0. The van der Waals surface area contributed by atoms with Gasteiger partial charge in [-0.05, 0) is 18.1 Å². The number of carbonyl (C=O) groups is 1. The van der Waals surface area contributed by atoms with E-state index in [0.717, 1.165) is 30.6 Å². The molecule has 0 amide bonds. The fourth-order valence-corrected chi connectivity index (χ4v) is 2.42. The van der Waals surface area contributed by atoms with Gasteiger partial charge in [-0.2, -0.15) is 6.42 Å². The van der Waals surface area contributed by atoms with Gasteiger partial charge in [0.25, 0.3) is 0 Å². The smallest absolute Gasteiger partial charge is 0.477 e. The molecule has 7 heteroatoms. The van der Waals surface area contributed by atoms with Gasteiger partial charge in [0.15, 0.2) is 0 Å². The Hall–Kier alpha value is -1.73. The molecule has 23 heavy (non-hydrogen) atoms. The normalized spacial score (nSPS) is 14.4. The average molecular weight is 492 g/mol. The number of hydrogen-bond acceptors (Lipinski definition) is 5. The molecule has 1 radical (unpaired) electrons. The van der Waals surface area contributed by atoms with Gasteiger partial charge in [0.2, 0.25) is 0 Å². The predicted octanol–water partition coefficient (Wildman–Crippen LogP) is 1.76. The van der Waals surface area contributed by atoms with Crippen molar-refractivity contribution in [3.05, 3.63) is 42.1 Å². The van der Waals surface area contributed by atoms with Gasteiger partial charge in [-0.25, -0.2) is 9.78 Å². The van der Waals surface area contributed by atoms with Crippen molar-refractivity contribution in [2.75, 3.05) is 18.0 Å². The number of anilines is 1. The van der Waals surface area contributed by atoms with Gasteiger partial charge < -0.3 is 22.7 Å². The van der Waals surface area contributed by atoms with Crippen LogP contribution in [0.2, 0.25) is 0 Å². The van der Waals surface area contributed by atoms with Crippen LogP contribution in [0.25, 0.3) is 0 Å². The largest absolute Gasteiger partial charge is 1.00 e. The number of carboxylic acid groups (broad SMARTS) is 1. The molecule has 1 aliphatic heterocycles. The number of unbranched alkanes of at least 4 members (excludes halogenated alkanes) is 1. The van der Waals surface area contributed by atoms with Crippen molar-refractivity contribution in [1.82, 2.24) is 4.98 Å². The zero-order chi connectivity index (χ0) is 16.1. The Labute approximate surface area is 149 Å². The fraction of sp³-hybridized carbons (Fsp3) is 0.375. The summed E-state index contributed by atoms with van der Waals surface area (Å²) in [5, 5.41) is 16.6. The van der Waals surface area contributed by atoms with Crippen LogP contribution in [0.3, 0.4) is 0 Å². The van der Waals surface area contributed by atoms with Crippen molar-refractivity contribution in [3.63, 3.8) is 0 Å². The van der Waals surface area contributed by atoms with E-state index in [0.29, 0.717) is 30.8 Å². The predicted molar refractivity (Wildman–Crippen MR) is 85.9 cm³/mol. The molecule has 0 aliphatic carbocycles. The first kappa shape index (κ1) is 19.3. The quantitative estimate of drug-likeness (QED) is 0.416. The molecule has 2 rings (SSSR count). The molecule has 0 unspecified atom stereocenters. The third-order valence-electron chi connectivity index (χ3n) is 3.75. The minimum absolute atomic E-state index is 0. The molecule has 0 aromatic carbocycles. The molecule has 0 bridgehead atoms. The number of nitrogens with one attached hydrogen (secondary N) is 1. The van der Waals surface area contributed by atoms with Crippen LogP contribution in [-0.2, 0) is 31.0 Å². The summed E-state index contributed by atoms with van der Waals surface area (Å²) in [6.07, 6.45) is 5.27. The molecule has 0 saturated heterocycles. The number of rotatable bonds is 6. The molecule has 1 aromatic rings. The van der Waals surface area contributed by atoms with E-state index < -0.39 is 11.7 Å². The third kappa shape index (κ3) is 4.87. The number of aliphatic carboxylic acids is 1. The Kier molecular flexibility index (Phi) is 7.38. The number of carboxylic acids is 1. The Morgan fingerprint density at radius 1 is 1.48 bits per heavy atom. The zero-order valence-electron chi connectivity index (χ0n) is 12.9. The van der Waals surface area contributed by atoms with Gasteiger partial charge in [-0.1, -0.05) is 12.5 Å². The maximum Gasteiger partial charge on any atom is 1.00 e. The van der Waals surface area contributed by atoms with E-state index in [9.17, 15) is 4.79 Å². The number of pyridine rings is 1. The first-order chi connectivity index (χ1) is 10.5. The molecule has 0 fully saturated rings. The van der Waals surface area contributed by atoms with Crippen LogP contribution in [-0.4, -0.2) is 34.9 Å². The molecular weight excluding hydrogens is 470 g/mol. The minimum atomic E-state index is -1.25. The number of aromatic nitrogens is 1. The Morgan fingerprint density at radius 3 is 2.78 bits per heavy atom. The van der Waals surface area contributed by atoms with E-state index >= 15 is 0 Å². The molecule has 0 atom stereocenters. The molecule has 4 N–H and O–H groups in total. The second-order valence-electron chi connectivity index (χ2n) is 5.34. The van der Waals surface area contributed by atoms with Crippen molar-refractivity contribution in [2.24, 2.45) is 5.73 Å². The van der Waals surface area contributed by atoms with E-state index in [-0.39, 0.29) is 19.8 Å². The summed E-state index contributed by atoms with van der Waals surface area (Å²) in [6.45, 7) is 4.81. The number of nitrogens with zero attached hydrogens (tertiary/aromatic N) is 2. The van der Waals surface area contributed by atoms with Gasteiger partial charge in [0, 0.05) is 37.0 Å². The van der Waals surface area contributed by atoms with Gasteiger partial charge in [-0.15, -0.1) is 0 Å². The molecule has 0 saturated carbocycles. The number of aryl methyl sites for hydroxylation is 1. The van der Waals surface area contributed by atoms with Crippen molar-refractivity contribution in [2.45, 2.75) is 25.7 Å². The van der Waals surface area contributed by atoms with E-state index in [1.807, 2.05) is 23.2 Å². The van der Waals surface area contributed by atoms with Crippen LogP contribution < -0.4 is 10.6 Å². The average Bonchev–Trinajstić information content (AvgIpc) is 2.53. The number of nitrogens with two attached hydrogens (primary N) is 1. The second kappa shape index (κ2) is 8.78. The van der Waals surface area contributed by atoms with Crippen LogP contribution in [0.5, 0.6) is 0 Å². The SMILES string of the molecule is [CH2-]CCCc1ccc(N2CCC(N)=C(C(=N)C(=O)O)C2)nc1.[Os+]. The Bertz CT molecular complexity index is 599. The van der Waals surface area contributed by atoms with Gasteiger partial charge in [0.1, 0.15) is 11.5 Å². The van der Waals surface area contributed by atoms with E-state index in [1.54, 1.807) is 0 Å². The molecular formula is C16H21N4O2Os. The molecule has 1 aromatic heterocycles. The topological polar surface area (TPSA) is 103 Å². The monoisotopic (exact) mass is 493 g/mol. The third-order valence-corrected chi connectivity index (χ3v) is 3.75. The Morgan fingerprint density at radius 2 is 2.22 bits per heavy atom. The summed E-state index contributed by atoms with van der Waals surface area (Å²) in [6, 6.07) is 3.96. The standard InChI is InChI=1S/C16H21N4O2.Os/c1-2-3-4-11-5-6-14(19-9-11)20-8-7-13(17)12(10-20)15(18)16(21)22;/h5-6,9,18H,1-4,7-8,10,17H2,(H,21,22);/q-1;+1. The van der Waals surface area contributed by atoms with Crippen LogP contribution in [0, 0.1) is 12.3 Å². The molecule has 6 nitrogen and oxygen atoms in total. The molecule has 2 heterocycles. The van der Waals surface area contributed by atoms with E-state index in [2.05, 4.69) is 11.9 Å². The van der Waals surface area contributed by atoms with Gasteiger partial charge >= 0.3 is 25.8 Å². The Balaban J connectivity index is 0.00000264. The molecule has 1 aliphatic rings. The summed E-state index contributed by atoms with van der Waals surface area (Å²) >= 11 is 0. The first-order valence-corrected chi connectivity index (χ1v) is 7.31. The van der Waals surface area contributed by atoms with Crippen molar-refractivity contribution >= 4 is 17.5 Å². The summed E-state index contributed by atoms with van der Waals surface area (Å²) in [5.74, 6) is -0.474. The molecule has 125 valence electrons. The van der Waals surface area contributed by atoms with Gasteiger partial charge in [0.05, 0.1) is 0 Å². The van der Waals surface area contributed by atoms with E-state index in [4.69, 9.17) is 16.2 Å². The van der Waals surface area contributed by atoms with Crippen molar-refractivity contribution in [1.29, 1.82) is 5.41 Å². The van der Waals surface area contributed by atoms with Crippen molar-refractivity contribution in [3.8, 4) is 0 Å². The van der Waals surface area contributed by atoms with Crippen LogP contribution in [0.4, 0.5) is 5.82 Å². The summed E-state index contributed by atoms with van der Waals surface area (Å²) < 4.78 is 0. The zero-order valence-corrected chi connectivity index (χ0v) is 15.4. The fourth-order valence-electron chi connectivity index (χ4n) is 2.42.